The zero-order valence-electron chi connectivity index (χ0n) is 18.1. The second-order valence-electron chi connectivity index (χ2n) is 7.79. The summed E-state index contributed by atoms with van der Waals surface area (Å²) in [7, 11) is 1.60. The molecule has 0 radical (unpaired) electrons. The number of carbonyl (C=O) groups excluding carboxylic acids is 1. The average molecular weight is 436 g/mol. The minimum atomic E-state index is -0.281. The minimum Gasteiger partial charge on any atom is -0.497 e. The highest BCUT2D eigenvalue weighted by atomic mass is 19.1. The van der Waals surface area contributed by atoms with E-state index in [9.17, 15) is 9.18 Å². The molecule has 0 saturated carbocycles. The molecule has 7 nitrogen and oxygen atoms in total. The van der Waals surface area contributed by atoms with E-state index in [2.05, 4.69) is 25.5 Å². The van der Waals surface area contributed by atoms with Gasteiger partial charge in [-0.05, 0) is 68.3 Å². The van der Waals surface area contributed by atoms with Crippen LogP contribution in [0.3, 0.4) is 0 Å². The molecule has 1 aromatic heterocycles. The van der Waals surface area contributed by atoms with Crippen LogP contribution in [-0.4, -0.2) is 42.1 Å². The summed E-state index contributed by atoms with van der Waals surface area (Å²) in [6, 6.07) is 15.2. The van der Waals surface area contributed by atoms with Gasteiger partial charge in [0.25, 0.3) is 5.91 Å². The Morgan fingerprint density at radius 2 is 1.75 bits per heavy atom. The van der Waals surface area contributed by atoms with E-state index in [1.54, 1.807) is 43.5 Å². The van der Waals surface area contributed by atoms with E-state index in [0.29, 0.717) is 17.3 Å². The van der Waals surface area contributed by atoms with Gasteiger partial charge in [-0.2, -0.15) is 4.98 Å². The van der Waals surface area contributed by atoms with Crippen molar-refractivity contribution in [2.24, 2.45) is 0 Å². The first kappa shape index (κ1) is 21.5. The number of carbonyl (C=O) groups is 1. The largest absolute Gasteiger partial charge is 0.497 e. The van der Waals surface area contributed by atoms with Crippen LogP contribution in [0.4, 0.5) is 21.8 Å². The van der Waals surface area contributed by atoms with Crippen molar-refractivity contribution in [2.45, 2.75) is 25.8 Å². The molecule has 0 spiro atoms. The van der Waals surface area contributed by atoms with Crippen molar-refractivity contribution < 1.29 is 13.9 Å². The van der Waals surface area contributed by atoms with Crippen LogP contribution >= 0.6 is 0 Å². The molecule has 0 unspecified atom stereocenters. The van der Waals surface area contributed by atoms with Crippen LogP contribution in [0.2, 0.25) is 0 Å². The second kappa shape index (κ2) is 9.64. The monoisotopic (exact) mass is 435 g/mol. The lowest BCUT2D eigenvalue weighted by Crippen LogP contribution is -2.45. The molecule has 1 aliphatic rings. The highest BCUT2D eigenvalue weighted by molar-refractivity contribution is 5.94. The number of piperidine rings is 1. The highest BCUT2D eigenvalue weighted by Gasteiger charge is 2.23. The number of halogens is 1. The topological polar surface area (TPSA) is 79.4 Å². The minimum absolute atomic E-state index is 0.0799. The van der Waals surface area contributed by atoms with Gasteiger partial charge in [0.15, 0.2) is 0 Å². The van der Waals surface area contributed by atoms with E-state index >= 15 is 0 Å². The molecule has 8 heteroatoms. The standard InChI is InChI=1S/C24H26FN5O2/c1-16-15-22(27-19-7-5-18(25)6-8-19)29-24(26-16)30-13-11-20(12-14-30)28-23(31)17-3-9-21(32-2)10-4-17/h3-10,15,20H,11-14H2,1-2H3,(H,28,31)(H,26,27,29). The number of amides is 1. The van der Waals surface area contributed by atoms with E-state index in [1.165, 1.54) is 12.1 Å². The Morgan fingerprint density at radius 3 is 2.41 bits per heavy atom. The third-order valence-electron chi connectivity index (χ3n) is 5.42. The predicted molar refractivity (Wildman–Crippen MR) is 122 cm³/mol. The Labute approximate surface area is 186 Å². The van der Waals surface area contributed by atoms with Crippen LogP contribution in [0.5, 0.6) is 5.75 Å². The van der Waals surface area contributed by atoms with Gasteiger partial charge < -0.3 is 20.3 Å². The summed E-state index contributed by atoms with van der Waals surface area (Å²) in [5.74, 6) is 1.67. The van der Waals surface area contributed by atoms with Crippen LogP contribution in [-0.2, 0) is 0 Å². The molecule has 166 valence electrons. The summed E-state index contributed by atoms with van der Waals surface area (Å²) in [6.07, 6.45) is 1.61. The molecule has 2 heterocycles. The van der Waals surface area contributed by atoms with Crippen LogP contribution in [0.1, 0.15) is 28.9 Å². The van der Waals surface area contributed by atoms with Crippen LogP contribution < -0.4 is 20.3 Å². The first-order valence-corrected chi connectivity index (χ1v) is 10.6. The number of aromatic nitrogens is 2. The molecular formula is C24H26FN5O2. The molecule has 0 atom stereocenters. The predicted octanol–water partition coefficient (Wildman–Crippen LogP) is 4.08. The maximum absolute atomic E-state index is 13.1. The van der Waals surface area contributed by atoms with E-state index in [0.717, 1.165) is 43.1 Å². The number of hydrogen-bond donors (Lipinski definition) is 2. The molecule has 1 amide bonds. The third-order valence-corrected chi connectivity index (χ3v) is 5.42. The zero-order valence-corrected chi connectivity index (χ0v) is 18.1. The number of rotatable bonds is 6. The molecule has 0 bridgehead atoms. The lowest BCUT2D eigenvalue weighted by Gasteiger charge is -2.32. The number of methoxy groups -OCH3 is 1. The fourth-order valence-electron chi connectivity index (χ4n) is 3.67. The van der Waals surface area contributed by atoms with Gasteiger partial charge in [0.1, 0.15) is 17.4 Å². The fourth-order valence-corrected chi connectivity index (χ4v) is 3.67. The molecule has 1 aliphatic heterocycles. The maximum atomic E-state index is 13.1. The SMILES string of the molecule is COc1ccc(C(=O)NC2CCN(c3nc(C)cc(Nc4ccc(F)cc4)n3)CC2)cc1. The Hall–Kier alpha value is -3.68. The van der Waals surface area contributed by atoms with Gasteiger partial charge in [-0.3, -0.25) is 4.79 Å². The van der Waals surface area contributed by atoms with Crippen molar-refractivity contribution in [2.75, 3.05) is 30.4 Å². The van der Waals surface area contributed by atoms with Crippen molar-refractivity contribution in [1.29, 1.82) is 0 Å². The van der Waals surface area contributed by atoms with Crippen LogP contribution in [0.15, 0.2) is 54.6 Å². The zero-order chi connectivity index (χ0) is 22.5. The van der Waals surface area contributed by atoms with Crippen molar-refractivity contribution in [3.05, 3.63) is 71.7 Å². The molecule has 3 aromatic rings. The second-order valence-corrected chi connectivity index (χ2v) is 7.79. The number of nitrogens with zero attached hydrogens (tertiary/aromatic N) is 3. The van der Waals surface area contributed by atoms with Gasteiger partial charge in [0, 0.05) is 42.1 Å². The molecular weight excluding hydrogens is 409 g/mol. The summed E-state index contributed by atoms with van der Waals surface area (Å²) in [4.78, 5) is 23.9. The normalized spacial score (nSPS) is 14.2. The number of ether oxygens (including phenoxy) is 1. The number of nitrogens with one attached hydrogen (secondary N) is 2. The van der Waals surface area contributed by atoms with E-state index in [1.807, 2.05) is 13.0 Å². The van der Waals surface area contributed by atoms with E-state index in [4.69, 9.17) is 4.74 Å². The van der Waals surface area contributed by atoms with Gasteiger partial charge in [0.05, 0.1) is 7.11 Å². The van der Waals surface area contributed by atoms with E-state index < -0.39 is 0 Å². The molecule has 2 N–H and O–H groups in total. The van der Waals surface area contributed by atoms with Crippen LogP contribution in [0.25, 0.3) is 0 Å². The first-order chi connectivity index (χ1) is 15.5. The molecule has 4 rings (SSSR count). The Balaban J connectivity index is 1.35. The van der Waals surface area contributed by atoms with E-state index in [-0.39, 0.29) is 17.8 Å². The van der Waals surface area contributed by atoms with Gasteiger partial charge in [-0.1, -0.05) is 0 Å². The van der Waals surface area contributed by atoms with Crippen molar-refractivity contribution in [3.63, 3.8) is 0 Å². The molecule has 2 aromatic carbocycles. The maximum Gasteiger partial charge on any atom is 0.251 e. The highest BCUT2D eigenvalue weighted by Crippen LogP contribution is 2.22. The fraction of sp³-hybridized carbons (Fsp3) is 0.292. The summed E-state index contributed by atoms with van der Waals surface area (Å²) in [5, 5.41) is 6.32. The molecule has 1 saturated heterocycles. The summed E-state index contributed by atoms with van der Waals surface area (Å²) in [5.41, 5.74) is 2.22. The third kappa shape index (κ3) is 5.32. The quantitative estimate of drug-likeness (QED) is 0.608. The van der Waals surface area contributed by atoms with Gasteiger partial charge in [0.2, 0.25) is 5.95 Å². The van der Waals surface area contributed by atoms with Gasteiger partial charge in [-0.25, -0.2) is 9.37 Å². The van der Waals surface area contributed by atoms with Gasteiger partial charge >= 0.3 is 0 Å². The Bertz CT molecular complexity index is 1060. The van der Waals surface area contributed by atoms with Gasteiger partial charge in [-0.15, -0.1) is 0 Å². The van der Waals surface area contributed by atoms with Crippen LogP contribution in [0, 0.1) is 12.7 Å². The molecule has 32 heavy (non-hydrogen) atoms. The molecule has 0 aliphatic carbocycles. The first-order valence-electron chi connectivity index (χ1n) is 10.6. The lowest BCUT2D eigenvalue weighted by atomic mass is 10.0. The Kier molecular flexibility index (Phi) is 6.49. The van der Waals surface area contributed by atoms with Crippen molar-refractivity contribution in [1.82, 2.24) is 15.3 Å². The van der Waals surface area contributed by atoms with Crippen molar-refractivity contribution >= 4 is 23.4 Å². The summed E-state index contributed by atoms with van der Waals surface area (Å²) < 4.78 is 18.3. The average Bonchev–Trinajstić information content (AvgIpc) is 2.81. The van der Waals surface area contributed by atoms with Crippen molar-refractivity contribution in [3.8, 4) is 5.75 Å². The smallest absolute Gasteiger partial charge is 0.251 e. The number of aryl methyl sites for hydroxylation is 1. The number of benzene rings is 2. The Morgan fingerprint density at radius 1 is 1.06 bits per heavy atom. The molecule has 1 fully saturated rings. The number of anilines is 3. The summed E-state index contributed by atoms with van der Waals surface area (Å²) in [6.45, 7) is 3.41. The summed E-state index contributed by atoms with van der Waals surface area (Å²) >= 11 is 0. The number of hydrogen-bond acceptors (Lipinski definition) is 6. The lowest BCUT2D eigenvalue weighted by molar-refractivity contribution is 0.0931.